The summed E-state index contributed by atoms with van der Waals surface area (Å²) in [7, 11) is 7.95. The fraction of sp³-hybridized carbons (Fsp3) is 0.476. The van der Waals surface area contributed by atoms with Crippen molar-refractivity contribution in [1.82, 2.24) is 20.2 Å². The summed E-state index contributed by atoms with van der Waals surface area (Å²) in [5, 5.41) is 3.71. The monoisotopic (exact) mass is 401 g/mol. The SMILES string of the molecule is CC(C)c1cc(N(C)C)nc(SCc2cccc(C(=O)NCCN(C)C)c2)n1. The molecule has 0 unspecified atom stereocenters. The van der Waals surface area contributed by atoms with Gasteiger partial charge < -0.3 is 15.1 Å². The summed E-state index contributed by atoms with van der Waals surface area (Å²) >= 11 is 1.59. The standard InChI is InChI=1S/C21H31N5OS/c1-15(2)18-13-19(26(5)6)24-21(23-18)28-14-16-8-7-9-17(12-16)20(27)22-10-11-25(3)4/h7-9,12-13,15H,10-11,14H2,1-6H3,(H,22,27). The third-order valence-corrected chi connectivity index (χ3v) is 5.08. The topological polar surface area (TPSA) is 61.4 Å². The fourth-order valence-electron chi connectivity index (χ4n) is 2.47. The van der Waals surface area contributed by atoms with Gasteiger partial charge >= 0.3 is 0 Å². The van der Waals surface area contributed by atoms with Gasteiger partial charge in [0.05, 0.1) is 0 Å². The Morgan fingerprint density at radius 2 is 1.89 bits per heavy atom. The molecule has 0 bridgehead atoms. The van der Waals surface area contributed by atoms with Crippen LogP contribution in [0.3, 0.4) is 0 Å². The Bertz CT molecular complexity index is 766. The molecule has 0 radical (unpaired) electrons. The van der Waals surface area contributed by atoms with E-state index in [0.717, 1.165) is 28.8 Å². The number of amides is 1. The summed E-state index contributed by atoms with van der Waals surface area (Å²) < 4.78 is 0. The van der Waals surface area contributed by atoms with Crippen LogP contribution in [0.2, 0.25) is 0 Å². The van der Waals surface area contributed by atoms with Gasteiger partial charge in [-0.3, -0.25) is 4.79 Å². The number of aromatic nitrogens is 2. The molecule has 7 heteroatoms. The molecule has 1 aromatic heterocycles. The zero-order chi connectivity index (χ0) is 20.7. The van der Waals surface area contributed by atoms with Crippen LogP contribution in [-0.2, 0) is 5.75 Å². The highest BCUT2D eigenvalue weighted by Gasteiger charge is 2.11. The van der Waals surface area contributed by atoms with E-state index < -0.39 is 0 Å². The number of hydrogen-bond donors (Lipinski definition) is 1. The maximum atomic E-state index is 12.3. The maximum absolute atomic E-state index is 12.3. The molecular formula is C21H31N5OS. The highest BCUT2D eigenvalue weighted by Crippen LogP contribution is 2.25. The first-order valence-electron chi connectivity index (χ1n) is 9.47. The van der Waals surface area contributed by atoms with Crippen LogP contribution in [0.15, 0.2) is 35.5 Å². The lowest BCUT2D eigenvalue weighted by atomic mass is 10.1. The number of rotatable bonds is 9. The number of anilines is 1. The first-order chi connectivity index (χ1) is 13.3. The van der Waals surface area contributed by atoms with Crippen LogP contribution in [0, 0.1) is 0 Å². The van der Waals surface area contributed by atoms with Crippen LogP contribution in [-0.4, -0.2) is 62.1 Å². The van der Waals surface area contributed by atoms with Gasteiger partial charge in [-0.05, 0) is 37.7 Å². The molecule has 6 nitrogen and oxygen atoms in total. The summed E-state index contributed by atoms with van der Waals surface area (Å²) in [5.41, 5.74) is 2.80. The second-order valence-corrected chi connectivity index (χ2v) is 8.47. The summed E-state index contributed by atoms with van der Waals surface area (Å²) in [6.45, 7) is 5.72. The van der Waals surface area contributed by atoms with Gasteiger partial charge in [-0.1, -0.05) is 37.7 Å². The summed E-state index contributed by atoms with van der Waals surface area (Å²) in [5.74, 6) is 1.93. The zero-order valence-electron chi connectivity index (χ0n) is 17.7. The van der Waals surface area contributed by atoms with Gasteiger partial charge in [0, 0.05) is 50.3 Å². The van der Waals surface area contributed by atoms with Crippen molar-refractivity contribution in [2.45, 2.75) is 30.7 Å². The summed E-state index contributed by atoms with van der Waals surface area (Å²) in [4.78, 5) is 25.7. The molecule has 1 N–H and O–H groups in total. The lowest BCUT2D eigenvalue weighted by Gasteiger charge is -2.15. The van der Waals surface area contributed by atoms with Crippen LogP contribution in [0.25, 0.3) is 0 Å². The Morgan fingerprint density at radius 3 is 2.54 bits per heavy atom. The van der Waals surface area contributed by atoms with Gasteiger partial charge in [0.2, 0.25) is 0 Å². The molecule has 0 aliphatic heterocycles. The average molecular weight is 402 g/mol. The number of nitrogens with zero attached hydrogens (tertiary/aromatic N) is 4. The maximum Gasteiger partial charge on any atom is 0.251 e. The molecule has 0 aliphatic carbocycles. The zero-order valence-corrected chi connectivity index (χ0v) is 18.5. The van der Waals surface area contributed by atoms with Crippen molar-refractivity contribution >= 4 is 23.5 Å². The van der Waals surface area contributed by atoms with Gasteiger partial charge in [0.1, 0.15) is 5.82 Å². The minimum absolute atomic E-state index is 0.0401. The predicted octanol–water partition coefficient (Wildman–Crippen LogP) is 3.25. The Morgan fingerprint density at radius 1 is 1.14 bits per heavy atom. The number of likely N-dealkylation sites (N-methyl/N-ethyl adjacent to an activating group) is 1. The number of carbonyl (C=O) groups is 1. The minimum atomic E-state index is -0.0401. The Balaban J connectivity index is 2.06. The van der Waals surface area contributed by atoms with Crippen LogP contribution in [0.1, 0.15) is 41.4 Å². The quantitative estimate of drug-likeness (QED) is 0.514. The number of nitrogens with one attached hydrogen (secondary N) is 1. The van der Waals surface area contributed by atoms with Crippen molar-refractivity contribution in [3.8, 4) is 0 Å². The van der Waals surface area contributed by atoms with E-state index in [1.165, 1.54) is 0 Å². The van der Waals surface area contributed by atoms with E-state index in [4.69, 9.17) is 0 Å². The van der Waals surface area contributed by atoms with Crippen molar-refractivity contribution in [2.24, 2.45) is 0 Å². The molecule has 0 saturated heterocycles. The molecule has 1 aromatic carbocycles. The molecule has 0 aliphatic rings. The Hall–Kier alpha value is -2.12. The first-order valence-corrected chi connectivity index (χ1v) is 10.5. The molecule has 152 valence electrons. The minimum Gasteiger partial charge on any atom is -0.363 e. The normalized spacial score (nSPS) is 11.1. The van der Waals surface area contributed by atoms with Crippen LogP contribution >= 0.6 is 11.8 Å². The van der Waals surface area contributed by atoms with Crippen LogP contribution in [0.5, 0.6) is 0 Å². The van der Waals surface area contributed by atoms with Gasteiger partial charge in [-0.25, -0.2) is 9.97 Å². The number of benzene rings is 1. The molecule has 1 heterocycles. The summed E-state index contributed by atoms with van der Waals surface area (Å²) in [6, 6.07) is 9.78. The smallest absolute Gasteiger partial charge is 0.251 e. The molecule has 2 aromatic rings. The molecular weight excluding hydrogens is 370 g/mol. The molecule has 0 atom stereocenters. The lowest BCUT2D eigenvalue weighted by Crippen LogP contribution is -2.31. The largest absolute Gasteiger partial charge is 0.363 e. The second kappa shape index (κ2) is 10.4. The van der Waals surface area contributed by atoms with Crippen molar-refractivity contribution < 1.29 is 4.79 Å². The van der Waals surface area contributed by atoms with Crippen LogP contribution < -0.4 is 10.2 Å². The fourth-order valence-corrected chi connectivity index (χ4v) is 3.27. The predicted molar refractivity (Wildman–Crippen MR) is 117 cm³/mol. The van der Waals surface area contributed by atoms with Gasteiger partial charge in [-0.2, -0.15) is 0 Å². The van der Waals surface area contributed by atoms with E-state index in [1.54, 1.807) is 11.8 Å². The van der Waals surface area contributed by atoms with Crippen molar-refractivity contribution in [2.75, 3.05) is 46.2 Å². The van der Waals surface area contributed by atoms with Gasteiger partial charge in [0.15, 0.2) is 5.16 Å². The molecule has 28 heavy (non-hydrogen) atoms. The molecule has 0 fully saturated rings. The van der Waals surface area contributed by atoms with E-state index >= 15 is 0 Å². The third-order valence-electron chi connectivity index (χ3n) is 4.16. The second-order valence-electron chi connectivity index (χ2n) is 7.53. The van der Waals surface area contributed by atoms with Crippen molar-refractivity contribution in [3.05, 3.63) is 47.2 Å². The van der Waals surface area contributed by atoms with E-state index in [9.17, 15) is 4.79 Å². The van der Waals surface area contributed by atoms with E-state index in [1.807, 2.05) is 68.3 Å². The average Bonchev–Trinajstić information content (AvgIpc) is 2.66. The lowest BCUT2D eigenvalue weighted by molar-refractivity contribution is 0.0951. The molecule has 0 spiro atoms. The van der Waals surface area contributed by atoms with Crippen molar-refractivity contribution in [3.63, 3.8) is 0 Å². The molecule has 0 saturated carbocycles. The third kappa shape index (κ3) is 6.80. The van der Waals surface area contributed by atoms with E-state index in [2.05, 4.69) is 29.1 Å². The first kappa shape index (κ1) is 22.2. The molecule has 1 amide bonds. The number of hydrogen-bond acceptors (Lipinski definition) is 6. The van der Waals surface area contributed by atoms with Crippen molar-refractivity contribution in [1.29, 1.82) is 0 Å². The Labute approximate surface area is 172 Å². The highest BCUT2D eigenvalue weighted by atomic mass is 32.2. The Kier molecular flexibility index (Phi) is 8.26. The molecule has 2 rings (SSSR count). The van der Waals surface area contributed by atoms with E-state index in [0.29, 0.717) is 23.8 Å². The van der Waals surface area contributed by atoms with Crippen LogP contribution in [0.4, 0.5) is 5.82 Å². The highest BCUT2D eigenvalue weighted by molar-refractivity contribution is 7.98. The summed E-state index contributed by atoms with van der Waals surface area (Å²) in [6.07, 6.45) is 0. The number of carbonyl (C=O) groups excluding carboxylic acids is 1. The van der Waals surface area contributed by atoms with E-state index in [-0.39, 0.29) is 5.91 Å². The number of thioether (sulfide) groups is 1. The van der Waals surface area contributed by atoms with Gasteiger partial charge in [0.25, 0.3) is 5.91 Å². The van der Waals surface area contributed by atoms with Gasteiger partial charge in [-0.15, -0.1) is 0 Å².